The Morgan fingerprint density at radius 2 is 1.87 bits per heavy atom. The molecule has 2 N–H and O–H groups in total. The summed E-state index contributed by atoms with van der Waals surface area (Å²) >= 11 is 12.8. The molecule has 0 saturated heterocycles. The summed E-state index contributed by atoms with van der Waals surface area (Å²) in [5, 5.41) is 13.0. The molecule has 0 radical (unpaired) electrons. The number of carbonyl (C=O) groups is 2. The Morgan fingerprint density at radius 1 is 1.19 bits per heavy atom. The Labute approximate surface area is 191 Å². The van der Waals surface area contributed by atoms with Crippen molar-refractivity contribution in [1.29, 1.82) is 0 Å². The molecule has 164 valence electrons. The van der Waals surface area contributed by atoms with Gasteiger partial charge in [0.25, 0.3) is 0 Å². The van der Waals surface area contributed by atoms with Gasteiger partial charge in [-0.1, -0.05) is 47.5 Å². The number of amides is 1. The topological polar surface area (TPSA) is 78.9 Å². The number of hydrogen-bond donors (Lipinski definition) is 2. The van der Waals surface area contributed by atoms with E-state index in [1.165, 1.54) is 0 Å². The molecule has 1 heterocycles. The monoisotopic (exact) mass is 462 g/mol. The van der Waals surface area contributed by atoms with E-state index in [1.807, 2.05) is 35.4 Å². The molecule has 1 aliphatic rings. The number of benzene rings is 2. The van der Waals surface area contributed by atoms with E-state index in [1.54, 1.807) is 39.0 Å². The highest BCUT2D eigenvalue weighted by molar-refractivity contribution is 6.39. The number of aliphatic carboxylic acids is 1. The third kappa shape index (κ3) is 5.71. The minimum atomic E-state index is -1.13. The van der Waals surface area contributed by atoms with Gasteiger partial charge >= 0.3 is 12.1 Å². The van der Waals surface area contributed by atoms with Crippen LogP contribution in [0.15, 0.2) is 48.7 Å². The Morgan fingerprint density at radius 3 is 2.48 bits per heavy atom. The molecule has 1 atom stereocenters. The lowest BCUT2D eigenvalue weighted by atomic mass is 9.98. The fourth-order valence-electron chi connectivity index (χ4n) is 3.33. The van der Waals surface area contributed by atoms with Crippen molar-refractivity contribution in [2.75, 3.05) is 4.90 Å². The van der Waals surface area contributed by atoms with Crippen molar-refractivity contribution in [1.82, 2.24) is 5.32 Å². The van der Waals surface area contributed by atoms with Gasteiger partial charge in [0.05, 0.1) is 15.7 Å². The maximum absolute atomic E-state index is 12.0. The molecule has 0 spiro atoms. The number of ether oxygens (including phenoxy) is 1. The minimum absolute atomic E-state index is 0.123. The maximum Gasteiger partial charge on any atom is 0.408 e. The van der Waals surface area contributed by atoms with Gasteiger partial charge in [-0.25, -0.2) is 9.59 Å². The molecule has 0 fully saturated rings. The van der Waals surface area contributed by atoms with Gasteiger partial charge in [-0.15, -0.1) is 0 Å². The zero-order valence-corrected chi connectivity index (χ0v) is 19.0. The van der Waals surface area contributed by atoms with Crippen LogP contribution in [0.5, 0.6) is 0 Å². The molecular weight excluding hydrogens is 439 g/mol. The van der Waals surface area contributed by atoms with Gasteiger partial charge in [0.15, 0.2) is 0 Å². The van der Waals surface area contributed by atoms with Gasteiger partial charge in [-0.05, 0) is 56.5 Å². The molecule has 1 unspecified atom stereocenters. The van der Waals surface area contributed by atoms with Crippen LogP contribution in [-0.4, -0.2) is 28.8 Å². The number of anilines is 2. The van der Waals surface area contributed by atoms with Gasteiger partial charge in [0.1, 0.15) is 11.6 Å². The first-order valence-corrected chi connectivity index (χ1v) is 10.5. The normalized spacial score (nSPS) is 14.0. The average molecular weight is 463 g/mol. The molecule has 2 aromatic rings. The fourth-order valence-corrected chi connectivity index (χ4v) is 3.91. The van der Waals surface area contributed by atoms with Crippen LogP contribution in [0.3, 0.4) is 0 Å². The standard InChI is InChI=1S/C23H24Cl2N2O4/c1-23(2,3)31-22(30)26-18(21(28)29)13-14-9-10-19-15(12-14)6-5-11-27(19)20-16(24)7-4-8-17(20)25/h4-5,7-12,18H,6,13H2,1-3H3,(H,26,30)(H,28,29). The van der Waals surface area contributed by atoms with Crippen molar-refractivity contribution in [2.45, 2.75) is 45.3 Å². The van der Waals surface area contributed by atoms with Gasteiger partial charge in [0, 0.05) is 18.3 Å². The molecule has 0 aromatic heterocycles. The summed E-state index contributed by atoms with van der Waals surface area (Å²) < 4.78 is 5.18. The van der Waals surface area contributed by atoms with E-state index < -0.39 is 23.7 Å². The van der Waals surface area contributed by atoms with Crippen LogP contribution < -0.4 is 10.2 Å². The highest BCUT2D eigenvalue weighted by Gasteiger charge is 2.25. The molecular formula is C23H24Cl2N2O4. The van der Waals surface area contributed by atoms with E-state index in [2.05, 4.69) is 5.32 Å². The predicted molar refractivity (Wildman–Crippen MR) is 122 cm³/mol. The van der Waals surface area contributed by atoms with E-state index in [0.29, 0.717) is 22.2 Å². The smallest absolute Gasteiger partial charge is 0.408 e. The molecule has 31 heavy (non-hydrogen) atoms. The first-order chi connectivity index (χ1) is 14.5. The van der Waals surface area contributed by atoms with Crippen LogP contribution in [0.2, 0.25) is 10.0 Å². The number of carboxylic acids is 1. The van der Waals surface area contributed by atoms with E-state index in [9.17, 15) is 14.7 Å². The highest BCUT2D eigenvalue weighted by Crippen LogP contribution is 2.41. The summed E-state index contributed by atoms with van der Waals surface area (Å²) in [5.74, 6) is -1.13. The molecule has 3 rings (SSSR count). The van der Waals surface area contributed by atoms with Gasteiger partial charge in [-0.3, -0.25) is 0 Å². The summed E-state index contributed by atoms with van der Waals surface area (Å²) in [5.41, 5.74) is 2.66. The summed E-state index contributed by atoms with van der Waals surface area (Å²) in [6.45, 7) is 5.16. The van der Waals surface area contributed by atoms with E-state index in [0.717, 1.165) is 16.8 Å². The third-order valence-electron chi connectivity index (χ3n) is 4.60. The number of carboxylic acid groups (broad SMARTS) is 1. The van der Waals surface area contributed by atoms with Gasteiger partial charge < -0.3 is 20.1 Å². The quantitative estimate of drug-likeness (QED) is 0.593. The molecule has 6 nitrogen and oxygen atoms in total. The molecule has 0 aliphatic carbocycles. The van der Waals surface area contributed by atoms with Crippen molar-refractivity contribution in [2.24, 2.45) is 0 Å². The summed E-state index contributed by atoms with van der Waals surface area (Å²) in [4.78, 5) is 25.6. The van der Waals surface area contributed by atoms with Crippen LogP contribution in [0.25, 0.3) is 0 Å². The number of alkyl carbamates (subject to hydrolysis) is 1. The zero-order valence-electron chi connectivity index (χ0n) is 17.5. The van der Waals surface area contributed by atoms with Crippen molar-refractivity contribution >= 4 is 46.6 Å². The van der Waals surface area contributed by atoms with Crippen molar-refractivity contribution < 1.29 is 19.4 Å². The number of carbonyl (C=O) groups excluding carboxylic acids is 1. The second-order valence-corrected chi connectivity index (χ2v) is 9.05. The number of allylic oxidation sites excluding steroid dienone is 1. The highest BCUT2D eigenvalue weighted by atomic mass is 35.5. The van der Waals surface area contributed by atoms with E-state index in [4.69, 9.17) is 27.9 Å². The fraction of sp³-hybridized carbons (Fsp3) is 0.304. The Balaban J connectivity index is 1.83. The van der Waals surface area contributed by atoms with Gasteiger partial charge in [-0.2, -0.15) is 0 Å². The summed E-state index contributed by atoms with van der Waals surface area (Å²) in [6, 6.07) is 9.90. The molecule has 0 saturated carbocycles. The number of hydrogen-bond acceptors (Lipinski definition) is 4. The minimum Gasteiger partial charge on any atom is -0.480 e. The van der Waals surface area contributed by atoms with Crippen LogP contribution in [-0.2, 0) is 22.4 Å². The van der Waals surface area contributed by atoms with Crippen molar-refractivity contribution in [3.8, 4) is 0 Å². The SMILES string of the molecule is CC(C)(C)OC(=O)NC(Cc1ccc2c(c1)CC=CN2c1c(Cl)cccc1Cl)C(=O)O. The van der Waals surface area contributed by atoms with Crippen LogP contribution >= 0.6 is 23.2 Å². The molecule has 8 heteroatoms. The second-order valence-electron chi connectivity index (χ2n) is 8.23. The molecule has 0 bridgehead atoms. The van der Waals surface area contributed by atoms with Crippen molar-refractivity contribution in [3.63, 3.8) is 0 Å². The summed E-state index contributed by atoms with van der Waals surface area (Å²) in [6.07, 6.45) is 3.94. The third-order valence-corrected chi connectivity index (χ3v) is 5.21. The first kappa shape index (κ1) is 23.0. The number of fused-ring (bicyclic) bond motifs is 1. The maximum atomic E-state index is 12.0. The molecule has 2 aromatic carbocycles. The van der Waals surface area contributed by atoms with Crippen LogP contribution in [0.4, 0.5) is 16.2 Å². The molecule has 1 amide bonds. The number of nitrogens with one attached hydrogen (secondary N) is 1. The van der Waals surface area contributed by atoms with Gasteiger partial charge in [0.2, 0.25) is 0 Å². The number of halogens is 2. The molecule has 1 aliphatic heterocycles. The first-order valence-electron chi connectivity index (χ1n) is 9.79. The summed E-state index contributed by atoms with van der Waals surface area (Å²) in [7, 11) is 0. The number of nitrogens with zero attached hydrogens (tertiary/aromatic N) is 1. The van der Waals surface area contributed by atoms with Crippen molar-refractivity contribution in [3.05, 3.63) is 69.8 Å². The lowest BCUT2D eigenvalue weighted by Gasteiger charge is -2.29. The Kier molecular flexibility index (Phi) is 6.82. The van der Waals surface area contributed by atoms with E-state index >= 15 is 0 Å². The van der Waals surface area contributed by atoms with Crippen LogP contribution in [0.1, 0.15) is 31.9 Å². The number of para-hydroxylation sites is 1. The largest absolute Gasteiger partial charge is 0.480 e. The second kappa shape index (κ2) is 9.20. The lowest BCUT2D eigenvalue weighted by Crippen LogP contribution is -2.44. The van der Waals surface area contributed by atoms with E-state index in [-0.39, 0.29) is 6.42 Å². The Bertz CT molecular complexity index is 1010. The lowest BCUT2D eigenvalue weighted by molar-refractivity contribution is -0.139. The Hall–Kier alpha value is -2.70. The predicted octanol–water partition coefficient (Wildman–Crippen LogP) is 5.72. The van der Waals surface area contributed by atoms with Crippen LogP contribution in [0, 0.1) is 0 Å². The zero-order chi connectivity index (χ0) is 22.8. The average Bonchev–Trinajstić information content (AvgIpc) is 2.65. The number of rotatable bonds is 5.